The van der Waals surface area contributed by atoms with Crippen LogP contribution in [0.3, 0.4) is 0 Å². The number of nitrogens with one attached hydrogen (secondary N) is 1. The Morgan fingerprint density at radius 2 is 1.96 bits per heavy atom. The molecule has 2 rings (SSSR count). The van der Waals surface area contributed by atoms with Crippen LogP contribution in [0, 0.1) is 15.9 Å². The van der Waals surface area contributed by atoms with E-state index < -0.39 is 22.8 Å². The highest BCUT2D eigenvalue weighted by Crippen LogP contribution is 2.29. The second-order valence-corrected chi connectivity index (χ2v) is 5.56. The van der Waals surface area contributed by atoms with E-state index >= 15 is 0 Å². The van der Waals surface area contributed by atoms with E-state index in [0.29, 0.717) is 0 Å². The quantitative estimate of drug-likeness (QED) is 0.620. The van der Waals surface area contributed by atoms with Gasteiger partial charge in [0.2, 0.25) is 0 Å². The summed E-state index contributed by atoms with van der Waals surface area (Å²) < 4.78 is 18.4. The van der Waals surface area contributed by atoms with Crippen molar-refractivity contribution in [2.45, 2.75) is 13.0 Å². The number of anilines is 1. The number of ether oxygens (including phenoxy) is 1. The number of amides is 1. The van der Waals surface area contributed by atoms with Crippen LogP contribution in [0.4, 0.5) is 15.8 Å². The summed E-state index contributed by atoms with van der Waals surface area (Å²) in [5, 5.41) is 13.2. The molecule has 6 nitrogen and oxygen atoms in total. The molecule has 0 unspecified atom stereocenters. The van der Waals surface area contributed by atoms with Crippen molar-refractivity contribution in [2.24, 2.45) is 0 Å². The molecule has 1 N–H and O–H groups in total. The molecule has 0 heterocycles. The highest BCUT2D eigenvalue weighted by molar-refractivity contribution is 6.33. The van der Waals surface area contributed by atoms with Crippen LogP contribution in [0.25, 0.3) is 0 Å². The first kappa shape index (κ1) is 18.0. The summed E-state index contributed by atoms with van der Waals surface area (Å²) in [5.74, 6) is -0.951. The van der Waals surface area contributed by atoms with Gasteiger partial charge in [0.05, 0.1) is 20.7 Å². The van der Waals surface area contributed by atoms with E-state index in [-0.39, 0.29) is 27.2 Å². The topological polar surface area (TPSA) is 81.5 Å². The molecule has 0 aliphatic heterocycles. The molecule has 1 amide bonds. The normalized spacial score (nSPS) is 11.7. The Labute approximate surface area is 146 Å². The van der Waals surface area contributed by atoms with Crippen molar-refractivity contribution in [3.05, 3.63) is 62.4 Å². The first-order valence-corrected chi connectivity index (χ1v) is 7.40. The second kappa shape index (κ2) is 7.46. The summed E-state index contributed by atoms with van der Waals surface area (Å²) in [6.45, 7) is 1.46. The summed E-state index contributed by atoms with van der Waals surface area (Å²) in [6.07, 6.45) is -0.968. The Bertz CT molecular complexity index is 801. The summed E-state index contributed by atoms with van der Waals surface area (Å²) in [5.41, 5.74) is 0.0378. The van der Waals surface area contributed by atoms with Crippen molar-refractivity contribution in [3.8, 4) is 5.75 Å². The van der Waals surface area contributed by atoms with E-state index in [1.165, 1.54) is 25.1 Å². The van der Waals surface area contributed by atoms with Crippen molar-refractivity contribution in [1.82, 2.24) is 0 Å². The Hall–Kier alpha value is -2.38. The van der Waals surface area contributed by atoms with E-state index in [1.807, 2.05) is 0 Å². The van der Waals surface area contributed by atoms with Gasteiger partial charge in [-0.25, -0.2) is 4.39 Å². The van der Waals surface area contributed by atoms with Gasteiger partial charge in [-0.3, -0.25) is 14.9 Å². The largest absolute Gasteiger partial charge is 0.479 e. The van der Waals surface area contributed by atoms with Crippen LogP contribution in [-0.2, 0) is 4.79 Å². The predicted octanol–water partition coefficient (Wildman–Crippen LogP) is 4.45. The minimum Gasteiger partial charge on any atom is -0.479 e. The van der Waals surface area contributed by atoms with Gasteiger partial charge in [0.25, 0.3) is 11.6 Å². The SMILES string of the molecule is C[C@H](Oc1ccc([N+](=O)[O-])cc1Cl)C(=O)Nc1ccc(F)cc1Cl. The maximum Gasteiger partial charge on any atom is 0.271 e. The lowest BCUT2D eigenvalue weighted by atomic mass is 10.2. The minimum absolute atomic E-state index is 0.00339. The third-order valence-corrected chi connectivity index (χ3v) is 3.60. The molecular weight excluding hydrogens is 362 g/mol. The zero-order chi connectivity index (χ0) is 17.9. The van der Waals surface area contributed by atoms with Crippen LogP contribution < -0.4 is 10.1 Å². The van der Waals surface area contributed by atoms with Gasteiger partial charge in [-0.05, 0) is 31.2 Å². The lowest BCUT2D eigenvalue weighted by molar-refractivity contribution is -0.384. The number of non-ortho nitro benzene ring substituents is 1. The molecule has 0 bridgehead atoms. The smallest absolute Gasteiger partial charge is 0.271 e. The Morgan fingerprint density at radius 1 is 1.25 bits per heavy atom. The molecule has 0 aliphatic rings. The number of hydrogen-bond donors (Lipinski definition) is 1. The van der Waals surface area contributed by atoms with Gasteiger partial charge < -0.3 is 10.1 Å². The van der Waals surface area contributed by atoms with Crippen LogP contribution in [0.1, 0.15) is 6.92 Å². The maximum absolute atomic E-state index is 13.0. The third-order valence-electron chi connectivity index (χ3n) is 2.99. The van der Waals surface area contributed by atoms with E-state index in [0.717, 1.165) is 18.2 Å². The van der Waals surface area contributed by atoms with E-state index in [2.05, 4.69) is 5.32 Å². The number of hydrogen-bond acceptors (Lipinski definition) is 4. The van der Waals surface area contributed by atoms with Gasteiger partial charge >= 0.3 is 0 Å². The van der Waals surface area contributed by atoms with Gasteiger partial charge in [-0.15, -0.1) is 0 Å². The van der Waals surface area contributed by atoms with E-state index in [1.54, 1.807) is 0 Å². The molecule has 0 saturated carbocycles. The van der Waals surface area contributed by atoms with Gasteiger partial charge in [0.15, 0.2) is 6.10 Å². The van der Waals surface area contributed by atoms with Crippen molar-refractivity contribution >= 4 is 40.5 Å². The fourth-order valence-corrected chi connectivity index (χ4v) is 2.20. The van der Waals surface area contributed by atoms with Gasteiger partial charge in [-0.2, -0.15) is 0 Å². The number of halogens is 3. The molecule has 24 heavy (non-hydrogen) atoms. The fourth-order valence-electron chi connectivity index (χ4n) is 1.77. The molecule has 0 spiro atoms. The van der Waals surface area contributed by atoms with Crippen molar-refractivity contribution in [3.63, 3.8) is 0 Å². The highest BCUT2D eigenvalue weighted by atomic mass is 35.5. The Morgan fingerprint density at radius 3 is 2.54 bits per heavy atom. The maximum atomic E-state index is 13.0. The number of carbonyl (C=O) groups excluding carboxylic acids is 1. The average molecular weight is 373 g/mol. The van der Waals surface area contributed by atoms with Crippen molar-refractivity contribution < 1.29 is 18.8 Å². The van der Waals surface area contributed by atoms with Crippen LogP contribution >= 0.6 is 23.2 Å². The number of benzene rings is 2. The van der Waals surface area contributed by atoms with Crippen LogP contribution in [0.2, 0.25) is 10.0 Å². The molecule has 0 fully saturated rings. The van der Waals surface area contributed by atoms with E-state index in [4.69, 9.17) is 27.9 Å². The molecule has 126 valence electrons. The van der Waals surface area contributed by atoms with Crippen molar-refractivity contribution in [1.29, 1.82) is 0 Å². The zero-order valence-electron chi connectivity index (χ0n) is 12.3. The number of carbonyl (C=O) groups is 1. The molecule has 0 aromatic heterocycles. The molecule has 9 heteroatoms. The van der Waals surface area contributed by atoms with Crippen LogP contribution in [-0.4, -0.2) is 16.9 Å². The summed E-state index contributed by atoms with van der Waals surface area (Å²) in [4.78, 5) is 22.2. The molecule has 0 radical (unpaired) electrons. The Kier molecular flexibility index (Phi) is 5.58. The molecule has 1 atom stereocenters. The molecule has 2 aromatic carbocycles. The van der Waals surface area contributed by atoms with E-state index in [9.17, 15) is 19.3 Å². The highest BCUT2D eigenvalue weighted by Gasteiger charge is 2.19. The predicted molar refractivity (Wildman–Crippen MR) is 88.2 cm³/mol. The first-order chi connectivity index (χ1) is 11.3. The molecular formula is C15H11Cl2FN2O4. The third kappa shape index (κ3) is 4.33. The number of nitrogens with zero attached hydrogens (tertiary/aromatic N) is 1. The number of rotatable bonds is 5. The molecule has 2 aromatic rings. The summed E-state index contributed by atoms with van der Waals surface area (Å²) in [6, 6.07) is 7.17. The molecule has 0 aliphatic carbocycles. The Balaban J connectivity index is 2.07. The number of nitro groups is 1. The zero-order valence-corrected chi connectivity index (χ0v) is 13.8. The van der Waals surface area contributed by atoms with Gasteiger partial charge in [0.1, 0.15) is 11.6 Å². The fraction of sp³-hybridized carbons (Fsp3) is 0.133. The second-order valence-electron chi connectivity index (χ2n) is 4.75. The lowest BCUT2D eigenvalue weighted by Crippen LogP contribution is -2.30. The summed E-state index contributed by atoms with van der Waals surface area (Å²) >= 11 is 11.7. The van der Waals surface area contributed by atoms with Gasteiger partial charge in [0, 0.05) is 12.1 Å². The standard InChI is InChI=1S/C15H11Cl2FN2O4/c1-8(15(21)19-13-4-2-9(18)6-11(13)16)24-14-5-3-10(20(22)23)7-12(14)17/h2-8H,1H3,(H,19,21)/t8-/m0/s1. The summed E-state index contributed by atoms with van der Waals surface area (Å²) in [7, 11) is 0. The minimum atomic E-state index is -0.968. The average Bonchev–Trinajstić information content (AvgIpc) is 2.51. The first-order valence-electron chi connectivity index (χ1n) is 6.64. The number of nitro benzene ring substituents is 1. The van der Waals surface area contributed by atoms with Crippen LogP contribution in [0.15, 0.2) is 36.4 Å². The van der Waals surface area contributed by atoms with Crippen LogP contribution in [0.5, 0.6) is 5.75 Å². The van der Waals surface area contributed by atoms with Gasteiger partial charge in [-0.1, -0.05) is 23.2 Å². The lowest BCUT2D eigenvalue weighted by Gasteiger charge is -2.16. The van der Waals surface area contributed by atoms with Crippen molar-refractivity contribution in [2.75, 3.05) is 5.32 Å². The molecule has 0 saturated heterocycles. The monoisotopic (exact) mass is 372 g/mol.